The molecule has 23 heavy (non-hydrogen) atoms. The molecule has 4 nitrogen and oxygen atoms in total. The second kappa shape index (κ2) is 6.89. The topological polar surface area (TPSA) is 55.7 Å². The predicted octanol–water partition coefficient (Wildman–Crippen LogP) is 2.84. The molecule has 0 aromatic heterocycles. The summed E-state index contributed by atoms with van der Waals surface area (Å²) in [5.41, 5.74) is -1.07. The summed E-state index contributed by atoms with van der Waals surface area (Å²) in [6, 6.07) is 0.180. The van der Waals surface area contributed by atoms with Gasteiger partial charge in [0.25, 0.3) is 0 Å². The SMILES string of the molecule is CCOC(=O)C(C=NC1CC1)C(=O)c1cc(F)c(F)c(F)c1F. The Morgan fingerprint density at radius 1 is 1.26 bits per heavy atom. The fraction of sp³-hybridized carbons (Fsp3) is 0.400. The molecule has 0 radical (unpaired) electrons. The van der Waals surface area contributed by atoms with Crippen LogP contribution in [-0.2, 0) is 9.53 Å². The molecule has 124 valence electrons. The van der Waals surface area contributed by atoms with Gasteiger partial charge in [-0.05, 0) is 25.8 Å². The molecule has 2 rings (SSSR count). The number of hydrogen-bond donors (Lipinski definition) is 0. The fourth-order valence-electron chi connectivity index (χ4n) is 1.82. The molecular weight excluding hydrogens is 318 g/mol. The zero-order valence-electron chi connectivity index (χ0n) is 12.1. The van der Waals surface area contributed by atoms with Gasteiger partial charge in [-0.2, -0.15) is 0 Å². The highest BCUT2D eigenvalue weighted by Gasteiger charge is 2.33. The van der Waals surface area contributed by atoms with Crippen molar-refractivity contribution in [1.29, 1.82) is 0 Å². The molecule has 0 aliphatic heterocycles. The van der Waals surface area contributed by atoms with Gasteiger partial charge < -0.3 is 4.74 Å². The van der Waals surface area contributed by atoms with Crippen LogP contribution in [0.3, 0.4) is 0 Å². The largest absolute Gasteiger partial charge is 0.465 e. The van der Waals surface area contributed by atoms with E-state index < -0.39 is 46.5 Å². The molecule has 0 N–H and O–H groups in total. The summed E-state index contributed by atoms with van der Waals surface area (Å²) in [5.74, 6) is -11.6. The van der Waals surface area contributed by atoms with E-state index in [1.807, 2.05) is 0 Å². The highest BCUT2D eigenvalue weighted by molar-refractivity contribution is 6.18. The van der Waals surface area contributed by atoms with Gasteiger partial charge in [0, 0.05) is 12.3 Å². The van der Waals surface area contributed by atoms with E-state index in [0.29, 0.717) is 0 Å². The summed E-state index contributed by atoms with van der Waals surface area (Å²) in [7, 11) is 0. The summed E-state index contributed by atoms with van der Waals surface area (Å²) < 4.78 is 57.9. The minimum atomic E-state index is -2.12. The smallest absolute Gasteiger partial charge is 0.322 e. The fourth-order valence-corrected chi connectivity index (χ4v) is 1.82. The Balaban J connectivity index is 2.38. The summed E-state index contributed by atoms with van der Waals surface area (Å²) in [5, 5.41) is 0. The van der Waals surface area contributed by atoms with Crippen molar-refractivity contribution in [2.45, 2.75) is 25.8 Å². The number of carbonyl (C=O) groups is 2. The molecule has 1 saturated carbocycles. The minimum Gasteiger partial charge on any atom is -0.465 e. The molecule has 0 spiro atoms. The van der Waals surface area contributed by atoms with E-state index in [-0.39, 0.29) is 18.7 Å². The third-order valence-corrected chi connectivity index (χ3v) is 3.18. The van der Waals surface area contributed by atoms with E-state index in [4.69, 9.17) is 0 Å². The zero-order chi connectivity index (χ0) is 17.1. The van der Waals surface area contributed by atoms with E-state index in [9.17, 15) is 27.2 Å². The predicted molar refractivity (Wildman–Crippen MR) is 72.2 cm³/mol. The van der Waals surface area contributed by atoms with Gasteiger partial charge in [0.05, 0.1) is 12.2 Å². The molecule has 1 fully saturated rings. The van der Waals surface area contributed by atoms with Crippen LogP contribution < -0.4 is 0 Å². The maximum absolute atomic E-state index is 13.7. The second-order valence-corrected chi connectivity index (χ2v) is 4.97. The van der Waals surface area contributed by atoms with E-state index in [1.165, 1.54) is 6.92 Å². The average molecular weight is 331 g/mol. The standard InChI is InChI=1S/C15H13F4NO3/c1-2-23-15(22)9(6-20-7-3-4-7)14(21)8-5-10(16)12(18)13(19)11(8)17/h5-7,9H,2-4H2,1H3. The van der Waals surface area contributed by atoms with Gasteiger partial charge in [-0.15, -0.1) is 0 Å². The molecule has 0 bridgehead atoms. The molecule has 1 aliphatic carbocycles. The number of aliphatic imine (C=N–C) groups is 1. The highest BCUT2D eigenvalue weighted by Crippen LogP contribution is 2.25. The number of ether oxygens (including phenoxy) is 1. The van der Waals surface area contributed by atoms with Crippen LogP contribution in [0.15, 0.2) is 11.1 Å². The minimum absolute atomic E-state index is 0.0359. The Morgan fingerprint density at radius 3 is 2.48 bits per heavy atom. The van der Waals surface area contributed by atoms with E-state index in [1.54, 1.807) is 0 Å². The van der Waals surface area contributed by atoms with Crippen molar-refractivity contribution in [2.24, 2.45) is 10.9 Å². The van der Waals surface area contributed by atoms with Gasteiger partial charge in [-0.25, -0.2) is 17.6 Å². The van der Waals surface area contributed by atoms with Crippen molar-refractivity contribution in [3.8, 4) is 0 Å². The number of esters is 1. The van der Waals surface area contributed by atoms with Gasteiger partial charge in [-0.3, -0.25) is 14.6 Å². The third kappa shape index (κ3) is 3.75. The van der Waals surface area contributed by atoms with Crippen LogP contribution in [0.1, 0.15) is 30.1 Å². The van der Waals surface area contributed by atoms with Crippen molar-refractivity contribution in [3.05, 3.63) is 34.9 Å². The van der Waals surface area contributed by atoms with Crippen LogP contribution in [0.5, 0.6) is 0 Å². The number of nitrogens with zero attached hydrogens (tertiary/aromatic N) is 1. The summed E-state index contributed by atoms with van der Waals surface area (Å²) in [6.45, 7) is 1.45. The molecule has 1 aromatic rings. The van der Waals surface area contributed by atoms with Crippen LogP contribution in [0.4, 0.5) is 17.6 Å². The third-order valence-electron chi connectivity index (χ3n) is 3.18. The first kappa shape index (κ1) is 17.1. The Morgan fingerprint density at radius 2 is 1.91 bits per heavy atom. The number of rotatable bonds is 6. The molecule has 8 heteroatoms. The normalized spacial score (nSPS) is 15.7. The van der Waals surface area contributed by atoms with Crippen molar-refractivity contribution in [3.63, 3.8) is 0 Å². The molecule has 0 amide bonds. The quantitative estimate of drug-likeness (QED) is 0.153. The molecular formula is C15H13F4NO3. The number of ketones is 1. The van der Waals surface area contributed by atoms with E-state index in [2.05, 4.69) is 9.73 Å². The van der Waals surface area contributed by atoms with Crippen LogP contribution in [0, 0.1) is 29.2 Å². The first-order chi connectivity index (χ1) is 10.9. The molecule has 0 saturated heterocycles. The van der Waals surface area contributed by atoms with Crippen LogP contribution >= 0.6 is 0 Å². The van der Waals surface area contributed by atoms with Crippen molar-refractivity contribution < 1.29 is 31.9 Å². The second-order valence-electron chi connectivity index (χ2n) is 4.97. The Hall–Kier alpha value is -2.25. The van der Waals surface area contributed by atoms with Gasteiger partial charge >= 0.3 is 5.97 Å². The Kier molecular flexibility index (Phi) is 5.12. The number of benzene rings is 1. The lowest BCUT2D eigenvalue weighted by Gasteiger charge is -2.11. The van der Waals surface area contributed by atoms with Crippen molar-refractivity contribution in [1.82, 2.24) is 0 Å². The molecule has 1 aliphatic rings. The van der Waals surface area contributed by atoms with Crippen LogP contribution in [0.2, 0.25) is 0 Å². The first-order valence-corrected chi connectivity index (χ1v) is 6.94. The molecule has 0 heterocycles. The zero-order valence-corrected chi connectivity index (χ0v) is 12.1. The summed E-state index contributed by atoms with van der Waals surface area (Å²) >= 11 is 0. The number of halogens is 4. The summed E-state index contributed by atoms with van der Waals surface area (Å²) in [6.07, 6.45) is 2.55. The first-order valence-electron chi connectivity index (χ1n) is 6.94. The van der Waals surface area contributed by atoms with Gasteiger partial charge in [0.1, 0.15) is 0 Å². The lowest BCUT2D eigenvalue weighted by Crippen LogP contribution is -2.29. The van der Waals surface area contributed by atoms with Crippen molar-refractivity contribution >= 4 is 18.0 Å². The molecule has 1 aromatic carbocycles. The average Bonchev–Trinajstić information content (AvgIpc) is 3.33. The Labute approximate surface area is 129 Å². The van der Waals surface area contributed by atoms with E-state index >= 15 is 0 Å². The van der Waals surface area contributed by atoms with E-state index in [0.717, 1.165) is 19.1 Å². The Bertz CT molecular complexity index is 671. The van der Waals surface area contributed by atoms with Crippen LogP contribution in [-0.4, -0.2) is 30.6 Å². The number of carbonyl (C=O) groups excluding carboxylic acids is 2. The summed E-state index contributed by atoms with van der Waals surface area (Å²) in [4.78, 5) is 28.0. The lowest BCUT2D eigenvalue weighted by molar-refractivity contribution is -0.143. The number of Topliss-reactive ketones (excluding diaryl/α,β-unsaturated/α-hetero) is 1. The van der Waals surface area contributed by atoms with Gasteiger partial charge in [0.15, 0.2) is 35.0 Å². The monoisotopic (exact) mass is 331 g/mol. The maximum atomic E-state index is 13.7. The molecule has 1 unspecified atom stereocenters. The lowest BCUT2D eigenvalue weighted by atomic mass is 9.97. The van der Waals surface area contributed by atoms with Crippen molar-refractivity contribution in [2.75, 3.05) is 6.61 Å². The van der Waals surface area contributed by atoms with Crippen LogP contribution in [0.25, 0.3) is 0 Å². The highest BCUT2D eigenvalue weighted by atomic mass is 19.2. The number of hydrogen-bond acceptors (Lipinski definition) is 4. The molecule has 1 atom stereocenters. The van der Waals surface area contributed by atoms with Gasteiger partial charge in [-0.1, -0.05) is 0 Å². The maximum Gasteiger partial charge on any atom is 0.322 e. The van der Waals surface area contributed by atoms with Gasteiger partial charge in [0.2, 0.25) is 0 Å².